The van der Waals surface area contributed by atoms with Gasteiger partial charge in [-0.25, -0.2) is 9.98 Å². The van der Waals surface area contributed by atoms with E-state index in [4.69, 9.17) is 4.99 Å². The number of aliphatic imine (C=N–C) groups is 1. The maximum absolute atomic E-state index is 4.72. The molecule has 1 aliphatic rings. The Labute approximate surface area is 159 Å². The fourth-order valence-corrected chi connectivity index (χ4v) is 3.34. The van der Waals surface area contributed by atoms with E-state index in [1.54, 1.807) is 0 Å². The van der Waals surface area contributed by atoms with Crippen LogP contribution in [0.25, 0.3) is 0 Å². The Morgan fingerprint density at radius 3 is 2.77 bits per heavy atom. The van der Waals surface area contributed by atoms with E-state index in [9.17, 15) is 0 Å². The summed E-state index contributed by atoms with van der Waals surface area (Å²) in [6.45, 7) is 16.0. The van der Waals surface area contributed by atoms with Crippen LogP contribution in [-0.2, 0) is 13.1 Å². The summed E-state index contributed by atoms with van der Waals surface area (Å²) in [5.41, 5.74) is 0. The number of nitrogens with one attached hydrogen (secondary N) is 2. The first kappa shape index (κ1) is 20.7. The van der Waals surface area contributed by atoms with E-state index in [0.717, 1.165) is 43.8 Å². The minimum Gasteiger partial charge on any atom is -0.357 e. The van der Waals surface area contributed by atoms with Gasteiger partial charge < -0.3 is 20.1 Å². The van der Waals surface area contributed by atoms with Crippen LogP contribution in [0.15, 0.2) is 17.4 Å². The third-order valence-electron chi connectivity index (χ3n) is 4.91. The second-order valence-corrected chi connectivity index (χ2v) is 7.89. The van der Waals surface area contributed by atoms with Gasteiger partial charge in [0.2, 0.25) is 0 Å². The first-order valence-electron chi connectivity index (χ1n) is 10.3. The van der Waals surface area contributed by atoms with Gasteiger partial charge in [0.25, 0.3) is 0 Å². The molecule has 2 rings (SSSR count). The summed E-state index contributed by atoms with van der Waals surface area (Å²) in [6.07, 6.45) is 7.76. The molecule has 6 nitrogen and oxygen atoms in total. The Bertz CT molecular complexity index is 528. The molecule has 6 heteroatoms. The fraction of sp³-hybridized carbons (Fsp3) is 0.800. The van der Waals surface area contributed by atoms with Crippen molar-refractivity contribution in [2.75, 3.05) is 32.7 Å². The number of hydrogen-bond acceptors (Lipinski definition) is 3. The number of nitrogens with zero attached hydrogens (tertiary/aromatic N) is 4. The molecule has 0 aromatic carbocycles. The average Bonchev–Trinajstić information content (AvgIpc) is 3.04. The van der Waals surface area contributed by atoms with Crippen LogP contribution in [0.3, 0.4) is 0 Å². The van der Waals surface area contributed by atoms with Gasteiger partial charge in [0.15, 0.2) is 5.96 Å². The molecule has 1 aliphatic heterocycles. The molecule has 2 N–H and O–H groups in total. The molecule has 1 aromatic rings. The van der Waals surface area contributed by atoms with Gasteiger partial charge in [-0.3, -0.25) is 0 Å². The predicted octanol–water partition coefficient (Wildman–Crippen LogP) is 2.72. The summed E-state index contributed by atoms with van der Waals surface area (Å²) in [5.74, 6) is 3.42. The number of rotatable bonds is 9. The number of imidazole rings is 1. The fourth-order valence-electron chi connectivity index (χ4n) is 3.34. The Morgan fingerprint density at radius 1 is 1.31 bits per heavy atom. The monoisotopic (exact) mass is 362 g/mol. The highest BCUT2D eigenvalue weighted by Gasteiger charge is 2.14. The molecule has 1 fully saturated rings. The summed E-state index contributed by atoms with van der Waals surface area (Å²) < 4.78 is 2.20. The second-order valence-electron chi connectivity index (χ2n) is 7.89. The summed E-state index contributed by atoms with van der Waals surface area (Å²) in [5, 5.41) is 6.80. The van der Waals surface area contributed by atoms with Crippen LogP contribution < -0.4 is 10.6 Å². The standard InChI is InChI=1S/C20H38N6/c1-5-21-20(23-9-6-11-25-12-7-18(4)8-13-25)24-15-19-22-10-14-26(19)16-17(2)3/h10,14,17-18H,5-9,11-13,15-16H2,1-4H3,(H2,21,23,24). The van der Waals surface area contributed by atoms with Crippen molar-refractivity contribution in [2.45, 2.75) is 60.0 Å². The lowest BCUT2D eigenvalue weighted by Gasteiger charge is -2.30. The molecular formula is C20H38N6. The SMILES string of the molecule is CCNC(=NCc1nccn1CC(C)C)NCCCN1CCC(C)CC1. The number of piperidine rings is 1. The predicted molar refractivity (Wildman–Crippen MR) is 109 cm³/mol. The summed E-state index contributed by atoms with van der Waals surface area (Å²) in [7, 11) is 0. The molecule has 0 spiro atoms. The topological polar surface area (TPSA) is 57.5 Å². The van der Waals surface area contributed by atoms with Crippen molar-refractivity contribution in [1.29, 1.82) is 0 Å². The van der Waals surface area contributed by atoms with Gasteiger partial charge >= 0.3 is 0 Å². The van der Waals surface area contributed by atoms with E-state index in [0.29, 0.717) is 12.5 Å². The van der Waals surface area contributed by atoms with Crippen molar-refractivity contribution in [3.63, 3.8) is 0 Å². The first-order chi connectivity index (χ1) is 12.6. The first-order valence-corrected chi connectivity index (χ1v) is 10.3. The minimum absolute atomic E-state index is 0.607. The van der Waals surface area contributed by atoms with E-state index in [1.807, 2.05) is 12.4 Å². The van der Waals surface area contributed by atoms with Crippen LogP contribution in [0.5, 0.6) is 0 Å². The second kappa shape index (κ2) is 11.2. The van der Waals surface area contributed by atoms with Gasteiger partial charge in [0.05, 0.1) is 0 Å². The average molecular weight is 363 g/mol. The van der Waals surface area contributed by atoms with Crippen LogP contribution in [-0.4, -0.2) is 53.1 Å². The molecule has 26 heavy (non-hydrogen) atoms. The van der Waals surface area contributed by atoms with E-state index in [2.05, 4.69) is 52.8 Å². The molecule has 0 atom stereocenters. The maximum atomic E-state index is 4.72. The van der Waals surface area contributed by atoms with Crippen molar-refractivity contribution < 1.29 is 0 Å². The third-order valence-corrected chi connectivity index (χ3v) is 4.91. The summed E-state index contributed by atoms with van der Waals surface area (Å²) >= 11 is 0. The zero-order valence-corrected chi connectivity index (χ0v) is 17.2. The van der Waals surface area contributed by atoms with Gasteiger partial charge in [0.1, 0.15) is 12.4 Å². The Morgan fingerprint density at radius 2 is 2.08 bits per heavy atom. The molecule has 1 saturated heterocycles. The van der Waals surface area contributed by atoms with Crippen LogP contribution in [0, 0.1) is 11.8 Å². The molecule has 0 unspecified atom stereocenters. The molecule has 0 radical (unpaired) electrons. The Balaban J connectivity index is 1.75. The lowest BCUT2D eigenvalue weighted by molar-refractivity contribution is 0.191. The van der Waals surface area contributed by atoms with Gasteiger partial charge in [-0.1, -0.05) is 20.8 Å². The minimum atomic E-state index is 0.607. The lowest BCUT2D eigenvalue weighted by atomic mass is 9.99. The highest BCUT2D eigenvalue weighted by Crippen LogP contribution is 2.15. The molecule has 0 amide bonds. The van der Waals surface area contributed by atoms with Crippen LogP contribution in [0.4, 0.5) is 0 Å². The van der Waals surface area contributed by atoms with Gasteiger partial charge in [-0.15, -0.1) is 0 Å². The van der Waals surface area contributed by atoms with Crippen LogP contribution >= 0.6 is 0 Å². The van der Waals surface area contributed by atoms with Crippen molar-refractivity contribution in [3.05, 3.63) is 18.2 Å². The van der Waals surface area contributed by atoms with Crippen molar-refractivity contribution >= 4 is 5.96 Å². The van der Waals surface area contributed by atoms with Crippen molar-refractivity contribution in [1.82, 2.24) is 25.1 Å². The molecule has 148 valence electrons. The van der Waals surface area contributed by atoms with Crippen LogP contribution in [0.2, 0.25) is 0 Å². The van der Waals surface area contributed by atoms with Crippen molar-refractivity contribution in [2.24, 2.45) is 16.8 Å². The van der Waals surface area contributed by atoms with Gasteiger partial charge in [-0.2, -0.15) is 0 Å². The molecular weight excluding hydrogens is 324 g/mol. The largest absolute Gasteiger partial charge is 0.357 e. The third kappa shape index (κ3) is 7.36. The Kier molecular flexibility index (Phi) is 8.95. The highest BCUT2D eigenvalue weighted by atomic mass is 15.2. The van der Waals surface area contributed by atoms with E-state index in [1.165, 1.54) is 32.5 Å². The molecule has 0 bridgehead atoms. The van der Waals surface area contributed by atoms with E-state index >= 15 is 0 Å². The van der Waals surface area contributed by atoms with Crippen LogP contribution in [0.1, 0.15) is 52.8 Å². The quantitative estimate of drug-likeness (QED) is 0.403. The number of guanidine groups is 1. The zero-order chi connectivity index (χ0) is 18.8. The Hall–Kier alpha value is -1.56. The summed E-state index contributed by atoms with van der Waals surface area (Å²) in [4.78, 5) is 11.8. The van der Waals surface area contributed by atoms with E-state index in [-0.39, 0.29) is 0 Å². The van der Waals surface area contributed by atoms with Gasteiger partial charge in [0, 0.05) is 32.0 Å². The number of aromatic nitrogens is 2. The molecule has 0 aliphatic carbocycles. The number of hydrogen-bond donors (Lipinski definition) is 2. The zero-order valence-electron chi connectivity index (χ0n) is 17.2. The maximum Gasteiger partial charge on any atom is 0.191 e. The molecule has 2 heterocycles. The summed E-state index contributed by atoms with van der Waals surface area (Å²) in [6, 6.07) is 0. The number of likely N-dealkylation sites (tertiary alicyclic amines) is 1. The van der Waals surface area contributed by atoms with E-state index < -0.39 is 0 Å². The lowest BCUT2D eigenvalue weighted by Crippen LogP contribution is -2.39. The smallest absolute Gasteiger partial charge is 0.191 e. The molecule has 1 aromatic heterocycles. The van der Waals surface area contributed by atoms with Gasteiger partial charge in [-0.05, 0) is 57.7 Å². The normalized spacial score (nSPS) is 17.0. The van der Waals surface area contributed by atoms with Crippen molar-refractivity contribution in [3.8, 4) is 0 Å². The molecule has 0 saturated carbocycles. The highest BCUT2D eigenvalue weighted by molar-refractivity contribution is 5.79.